The number of hydrogen-bond acceptors (Lipinski definition) is 8. The van der Waals surface area contributed by atoms with E-state index < -0.39 is 20.6 Å². The summed E-state index contributed by atoms with van der Waals surface area (Å²) >= 11 is 0. The molecular formula is C22H22N4O6S. The minimum absolute atomic E-state index is 0.0106. The van der Waals surface area contributed by atoms with Crippen LogP contribution in [0.1, 0.15) is 16.7 Å². The van der Waals surface area contributed by atoms with Gasteiger partial charge in [0.05, 0.1) is 29.6 Å². The van der Waals surface area contributed by atoms with Crippen LogP contribution in [0.25, 0.3) is 0 Å². The zero-order valence-corrected chi connectivity index (χ0v) is 18.9. The van der Waals surface area contributed by atoms with E-state index >= 15 is 0 Å². The maximum atomic E-state index is 13.1. The topological polar surface area (TPSA) is 143 Å². The predicted molar refractivity (Wildman–Crippen MR) is 126 cm³/mol. The van der Waals surface area contributed by atoms with Gasteiger partial charge in [-0.2, -0.15) is 5.10 Å². The quantitative estimate of drug-likeness (QED) is 0.255. The molecule has 3 aromatic carbocycles. The van der Waals surface area contributed by atoms with E-state index in [4.69, 9.17) is 4.74 Å². The molecule has 0 amide bonds. The minimum Gasteiger partial charge on any atom is -0.507 e. The van der Waals surface area contributed by atoms with Gasteiger partial charge in [0.2, 0.25) is 0 Å². The van der Waals surface area contributed by atoms with Crippen LogP contribution in [0.3, 0.4) is 0 Å². The Kier molecular flexibility index (Phi) is 6.83. The van der Waals surface area contributed by atoms with Crippen molar-refractivity contribution in [3.63, 3.8) is 0 Å². The molecule has 0 fully saturated rings. The van der Waals surface area contributed by atoms with Crippen molar-refractivity contribution in [1.82, 2.24) is 0 Å². The van der Waals surface area contributed by atoms with Crippen molar-refractivity contribution < 1.29 is 23.2 Å². The molecule has 0 radical (unpaired) electrons. The summed E-state index contributed by atoms with van der Waals surface area (Å²) in [5.41, 5.74) is 4.53. The van der Waals surface area contributed by atoms with Gasteiger partial charge in [-0.15, -0.1) is 0 Å². The van der Waals surface area contributed by atoms with Crippen molar-refractivity contribution in [3.8, 4) is 11.5 Å². The highest BCUT2D eigenvalue weighted by Crippen LogP contribution is 2.29. The van der Waals surface area contributed by atoms with Gasteiger partial charge in [-0.05, 0) is 49.7 Å². The number of hydrogen-bond donors (Lipinski definition) is 3. The van der Waals surface area contributed by atoms with Crippen LogP contribution in [0.4, 0.5) is 17.1 Å². The van der Waals surface area contributed by atoms with Gasteiger partial charge in [-0.25, -0.2) is 8.42 Å². The van der Waals surface area contributed by atoms with Gasteiger partial charge in [0.15, 0.2) is 0 Å². The maximum absolute atomic E-state index is 13.1. The monoisotopic (exact) mass is 470 g/mol. The van der Waals surface area contributed by atoms with E-state index in [1.165, 1.54) is 31.5 Å². The Morgan fingerprint density at radius 3 is 2.45 bits per heavy atom. The molecule has 0 heterocycles. The van der Waals surface area contributed by atoms with Gasteiger partial charge in [0, 0.05) is 17.7 Å². The first kappa shape index (κ1) is 23.5. The number of nitrogens with one attached hydrogen (secondary N) is 2. The van der Waals surface area contributed by atoms with Crippen molar-refractivity contribution in [3.05, 3.63) is 81.4 Å². The van der Waals surface area contributed by atoms with Crippen LogP contribution in [-0.2, 0) is 10.0 Å². The summed E-state index contributed by atoms with van der Waals surface area (Å²) in [6.07, 6.45) is 1.27. The normalized spacial score (nSPS) is 11.4. The summed E-state index contributed by atoms with van der Waals surface area (Å²) in [4.78, 5) is 10.2. The Balaban J connectivity index is 1.97. The first-order valence-electron chi connectivity index (χ1n) is 9.65. The fourth-order valence-corrected chi connectivity index (χ4v) is 4.31. The van der Waals surface area contributed by atoms with Crippen molar-refractivity contribution in [1.29, 1.82) is 0 Å². The summed E-state index contributed by atoms with van der Waals surface area (Å²) < 4.78 is 33.8. The van der Waals surface area contributed by atoms with E-state index in [9.17, 15) is 23.6 Å². The molecule has 0 saturated carbocycles. The fraction of sp³-hybridized carbons (Fsp3) is 0.136. The number of sulfonamides is 1. The van der Waals surface area contributed by atoms with Crippen LogP contribution in [0, 0.1) is 24.0 Å². The Morgan fingerprint density at radius 2 is 1.79 bits per heavy atom. The van der Waals surface area contributed by atoms with Crippen molar-refractivity contribution >= 4 is 33.3 Å². The summed E-state index contributed by atoms with van der Waals surface area (Å²) in [7, 11) is -2.73. The van der Waals surface area contributed by atoms with E-state index in [0.29, 0.717) is 22.6 Å². The molecular weight excluding hydrogens is 448 g/mol. The summed E-state index contributed by atoms with van der Waals surface area (Å²) in [5, 5.41) is 25.2. The molecule has 0 bridgehead atoms. The number of benzene rings is 3. The number of methoxy groups -OCH3 is 1. The second-order valence-corrected chi connectivity index (χ2v) is 8.81. The fourth-order valence-electron chi connectivity index (χ4n) is 3.00. The average molecular weight is 471 g/mol. The summed E-state index contributed by atoms with van der Waals surface area (Å²) in [6.45, 7) is 3.63. The van der Waals surface area contributed by atoms with Crippen LogP contribution in [-0.4, -0.2) is 31.8 Å². The number of anilines is 2. The Morgan fingerprint density at radius 1 is 1.06 bits per heavy atom. The molecule has 0 unspecified atom stereocenters. The first-order valence-corrected chi connectivity index (χ1v) is 11.1. The van der Waals surface area contributed by atoms with Crippen LogP contribution in [0.5, 0.6) is 11.5 Å². The number of phenolic OH excluding ortho intramolecular Hbond substituents is 1. The molecule has 3 rings (SSSR count). The zero-order chi connectivity index (χ0) is 24.2. The third kappa shape index (κ3) is 5.57. The van der Waals surface area contributed by atoms with Gasteiger partial charge in [0.1, 0.15) is 16.4 Å². The lowest BCUT2D eigenvalue weighted by molar-refractivity contribution is -0.385. The van der Waals surface area contributed by atoms with Crippen molar-refractivity contribution in [2.45, 2.75) is 18.7 Å². The highest BCUT2D eigenvalue weighted by atomic mass is 32.2. The number of hydrazone groups is 1. The van der Waals surface area contributed by atoms with Crippen LogP contribution < -0.4 is 14.9 Å². The lowest BCUT2D eigenvalue weighted by Gasteiger charge is -2.14. The molecule has 0 spiro atoms. The second kappa shape index (κ2) is 9.57. The van der Waals surface area contributed by atoms with Gasteiger partial charge in [0.25, 0.3) is 15.7 Å². The number of nitro benzene ring substituents is 1. The lowest BCUT2D eigenvalue weighted by atomic mass is 10.1. The number of phenols is 1. The number of rotatable bonds is 8. The van der Waals surface area contributed by atoms with Gasteiger partial charge < -0.3 is 9.84 Å². The molecule has 0 aliphatic carbocycles. The largest absolute Gasteiger partial charge is 0.507 e. The van der Waals surface area contributed by atoms with E-state index in [1.54, 1.807) is 25.1 Å². The second-order valence-electron chi connectivity index (χ2n) is 7.16. The third-order valence-electron chi connectivity index (χ3n) is 4.72. The molecule has 0 saturated heterocycles. The highest BCUT2D eigenvalue weighted by molar-refractivity contribution is 7.92. The van der Waals surface area contributed by atoms with Crippen LogP contribution in [0.2, 0.25) is 0 Å². The Hall–Kier alpha value is -4.12. The Labute approximate surface area is 190 Å². The summed E-state index contributed by atoms with van der Waals surface area (Å²) in [5.74, 6) is 0.430. The van der Waals surface area contributed by atoms with Crippen molar-refractivity contribution in [2.24, 2.45) is 5.10 Å². The molecule has 0 aliphatic heterocycles. The van der Waals surface area contributed by atoms with E-state index in [0.717, 1.165) is 17.7 Å². The molecule has 11 heteroatoms. The smallest absolute Gasteiger partial charge is 0.270 e. The van der Waals surface area contributed by atoms with E-state index in [2.05, 4.69) is 15.2 Å². The number of nitro groups is 1. The molecule has 0 atom stereocenters. The van der Waals surface area contributed by atoms with Crippen LogP contribution in [0.15, 0.2) is 64.6 Å². The Bertz CT molecular complexity index is 1340. The first-order chi connectivity index (χ1) is 15.6. The molecule has 172 valence electrons. The SMILES string of the molecule is COc1ccc(O)c(C=NNc2ccc([N+](=O)[O-])cc2S(=O)(=O)Nc2ccc(C)cc2C)c1. The molecule has 3 aromatic rings. The predicted octanol–water partition coefficient (Wildman–Crippen LogP) is 4.17. The lowest BCUT2D eigenvalue weighted by Crippen LogP contribution is -2.16. The molecule has 0 aliphatic rings. The van der Waals surface area contributed by atoms with E-state index in [1.807, 2.05) is 13.0 Å². The maximum Gasteiger partial charge on any atom is 0.270 e. The van der Waals surface area contributed by atoms with E-state index in [-0.39, 0.29) is 16.3 Å². The highest BCUT2D eigenvalue weighted by Gasteiger charge is 2.23. The van der Waals surface area contributed by atoms with Crippen LogP contribution >= 0.6 is 0 Å². The average Bonchev–Trinajstić information content (AvgIpc) is 2.77. The molecule has 33 heavy (non-hydrogen) atoms. The number of aryl methyl sites for hydroxylation is 2. The third-order valence-corrected chi connectivity index (χ3v) is 6.12. The summed E-state index contributed by atoms with van der Waals surface area (Å²) in [6, 6.07) is 13.1. The number of non-ortho nitro benzene ring substituents is 1. The molecule has 0 aromatic heterocycles. The number of nitrogens with zero attached hydrogens (tertiary/aromatic N) is 2. The molecule has 3 N–H and O–H groups in total. The van der Waals surface area contributed by atoms with Gasteiger partial charge >= 0.3 is 0 Å². The number of ether oxygens (including phenoxy) is 1. The van der Waals surface area contributed by atoms with Crippen molar-refractivity contribution in [2.75, 3.05) is 17.3 Å². The minimum atomic E-state index is -4.21. The van der Waals surface area contributed by atoms with Gasteiger partial charge in [-0.1, -0.05) is 17.7 Å². The molecule has 10 nitrogen and oxygen atoms in total. The van der Waals surface area contributed by atoms with Gasteiger partial charge in [-0.3, -0.25) is 20.3 Å². The number of aromatic hydroxyl groups is 1. The standard InChI is InChI=1S/C22H22N4O6S/c1-14-4-7-19(15(2)10-14)25-33(30,31)22-12-17(26(28)29)5-8-20(22)24-23-13-16-11-18(32-3)6-9-21(16)27/h4-13,24-25,27H,1-3H3. The zero-order valence-electron chi connectivity index (χ0n) is 18.1.